The van der Waals surface area contributed by atoms with Crippen molar-refractivity contribution in [2.24, 2.45) is 9.98 Å². The van der Waals surface area contributed by atoms with Crippen LogP contribution in [0.2, 0.25) is 0 Å². The third-order valence-electron chi connectivity index (χ3n) is 13.9. The van der Waals surface area contributed by atoms with Crippen LogP contribution in [0, 0.1) is 0 Å². The predicted octanol–water partition coefficient (Wildman–Crippen LogP) is 15.3. The summed E-state index contributed by atoms with van der Waals surface area (Å²) in [4.78, 5) is 13.4. The van der Waals surface area contributed by atoms with E-state index in [2.05, 4.69) is 265 Å². The van der Waals surface area contributed by atoms with Crippen molar-refractivity contribution in [1.82, 2.24) is 5.32 Å². The van der Waals surface area contributed by atoms with Crippen LogP contribution in [-0.2, 0) is 5.41 Å². The number of fused-ring (bicyclic) bond motifs is 9. The first-order chi connectivity index (χ1) is 33.7. The minimum Gasteiger partial charge on any atom is -0.344 e. The van der Waals surface area contributed by atoms with Gasteiger partial charge in [0.05, 0.1) is 16.8 Å². The van der Waals surface area contributed by atoms with Crippen LogP contribution in [0.5, 0.6) is 0 Å². The van der Waals surface area contributed by atoms with Gasteiger partial charge in [-0.25, -0.2) is 9.98 Å². The summed E-state index contributed by atoms with van der Waals surface area (Å²) in [6.45, 7) is 0. The van der Waals surface area contributed by atoms with E-state index in [9.17, 15) is 0 Å². The number of aliphatic imine (C=N–C) groups is 2. The van der Waals surface area contributed by atoms with E-state index in [-0.39, 0.29) is 0 Å². The molecule has 0 bridgehead atoms. The zero-order chi connectivity index (χ0) is 45.0. The topological polar surface area (TPSA) is 40.0 Å². The molecule has 0 amide bonds. The van der Waals surface area contributed by atoms with E-state index in [1.54, 1.807) is 0 Å². The molecule has 0 saturated carbocycles. The molecule has 4 heteroatoms. The van der Waals surface area contributed by atoms with Gasteiger partial charge in [-0.3, -0.25) is 0 Å². The molecule has 1 unspecified atom stereocenters. The molecule has 1 spiro atoms. The molecule has 0 saturated heterocycles. The SMILES string of the molecule is c1ccc(-c2cccc(C3=NC(c4ccccc4-c4ccc5c(c4)C4(c6ccccc6-5)c5ccccc5N(c5ccccc5)c5ccccc54)=NC(c4cccc(-c5ccccc5)c4)N3)c2)cc1. The van der Waals surface area contributed by atoms with E-state index >= 15 is 0 Å². The average molecular weight is 869 g/mol. The van der Waals surface area contributed by atoms with E-state index in [1.807, 2.05) is 0 Å². The normalized spacial score (nSPS) is 15.0. The molecule has 10 aromatic carbocycles. The molecule has 13 rings (SSSR count). The van der Waals surface area contributed by atoms with Crippen molar-refractivity contribution < 1.29 is 0 Å². The standard InChI is InChI=1S/C64H44N4/c1-4-20-43(21-5-1)45-24-18-26-48(40-45)61-65-62(49-27-19-25-46(41-49)44-22-6-2-7-23-44)67-63(66-61)54-32-11-10-30-51(54)47-38-39-53-52-31-12-13-33-55(52)64(58(53)42-47)56-34-14-16-36-59(56)68(50-28-8-3-9-29-50)60-37-17-15-35-57(60)64/h1-42,61H,(H,65,66,67). The van der Waals surface area contributed by atoms with Crippen LogP contribution >= 0.6 is 0 Å². The third-order valence-corrected chi connectivity index (χ3v) is 13.9. The lowest BCUT2D eigenvalue weighted by atomic mass is 9.64. The van der Waals surface area contributed by atoms with Crippen molar-refractivity contribution in [1.29, 1.82) is 0 Å². The van der Waals surface area contributed by atoms with Crippen LogP contribution in [0.4, 0.5) is 17.1 Å². The Kier molecular flexibility index (Phi) is 9.43. The van der Waals surface area contributed by atoms with Gasteiger partial charge in [0.25, 0.3) is 0 Å². The Morgan fingerprint density at radius 3 is 1.56 bits per heavy atom. The highest BCUT2D eigenvalue weighted by Gasteiger charge is 2.51. The molecule has 1 atom stereocenters. The highest BCUT2D eigenvalue weighted by Crippen LogP contribution is 2.63. The van der Waals surface area contributed by atoms with Gasteiger partial charge < -0.3 is 10.2 Å². The summed E-state index contributed by atoms with van der Waals surface area (Å²) in [7, 11) is 0. The summed E-state index contributed by atoms with van der Waals surface area (Å²) in [6.07, 6.45) is -0.393. The molecule has 0 fully saturated rings. The van der Waals surface area contributed by atoms with Crippen molar-refractivity contribution in [2.75, 3.05) is 4.90 Å². The fourth-order valence-corrected chi connectivity index (χ4v) is 10.9. The lowest BCUT2D eigenvalue weighted by molar-refractivity contribution is 0.674. The molecule has 320 valence electrons. The molecule has 0 aromatic heterocycles. The van der Waals surface area contributed by atoms with Gasteiger partial charge in [0.1, 0.15) is 12.0 Å². The molecule has 2 aliphatic heterocycles. The van der Waals surface area contributed by atoms with E-state index in [0.717, 1.165) is 61.6 Å². The van der Waals surface area contributed by atoms with Crippen molar-refractivity contribution in [3.8, 4) is 44.5 Å². The van der Waals surface area contributed by atoms with Crippen molar-refractivity contribution >= 4 is 28.7 Å². The van der Waals surface area contributed by atoms with Gasteiger partial charge in [-0.1, -0.05) is 212 Å². The Labute approximate surface area is 396 Å². The van der Waals surface area contributed by atoms with E-state index in [1.165, 1.54) is 44.8 Å². The fraction of sp³-hybridized carbons (Fsp3) is 0.0312. The maximum Gasteiger partial charge on any atom is 0.160 e. The van der Waals surface area contributed by atoms with E-state index in [0.29, 0.717) is 5.84 Å². The molecule has 4 nitrogen and oxygen atoms in total. The van der Waals surface area contributed by atoms with Gasteiger partial charge in [-0.15, -0.1) is 0 Å². The first-order valence-corrected chi connectivity index (χ1v) is 23.3. The minimum absolute atomic E-state index is 0.393. The smallest absolute Gasteiger partial charge is 0.160 e. The van der Waals surface area contributed by atoms with Gasteiger partial charge in [0.15, 0.2) is 5.84 Å². The zero-order valence-electron chi connectivity index (χ0n) is 37.2. The highest BCUT2D eigenvalue weighted by atomic mass is 15.2. The monoisotopic (exact) mass is 868 g/mol. The Morgan fingerprint density at radius 2 is 0.868 bits per heavy atom. The summed E-state index contributed by atoms with van der Waals surface area (Å²) in [5.74, 6) is 1.46. The van der Waals surface area contributed by atoms with Gasteiger partial charge >= 0.3 is 0 Å². The fourth-order valence-electron chi connectivity index (χ4n) is 10.9. The molecule has 0 radical (unpaired) electrons. The Balaban J connectivity index is 0.994. The maximum absolute atomic E-state index is 5.50. The van der Waals surface area contributed by atoms with Crippen LogP contribution < -0.4 is 10.2 Å². The Bertz CT molecular complexity index is 3560. The number of benzene rings is 10. The van der Waals surface area contributed by atoms with Crippen LogP contribution in [0.3, 0.4) is 0 Å². The van der Waals surface area contributed by atoms with Gasteiger partial charge in [0, 0.05) is 16.8 Å². The lowest BCUT2D eigenvalue weighted by Gasteiger charge is -2.45. The molecule has 1 N–H and O–H groups in total. The summed E-state index contributed by atoms with van der Waals surface area (Å²) >= 11 is 0. The second kappa shape index (κ2) is 16.2. The molecular weight excluding hydrogens is 825 g/mol. The number of para-hydroxylation sites is 3. The summed E-state index contributed by atoms with van der Waals surface area (Å²) in [5, 5.41) is 3.78. The third kappa shape index (κ3) is 6.37. The molecule has 10 aromatic rings. The van der Waals surface area contributed by atoms with Crippen LogP contribution in [0.15, 0.2) is 265 Å². The van der Waals surface area contributed by atoms with Crippen molar-refractivity contribution in [3.05, 3.63) is 294 Å². The second-order valence-corrected chi connectivity index (χ2v) is 17.7. The summed E-state index contributed by atoms with van der Waals surface area (Å²) < 4.78 is 0. The minimum atomic E-state index is -0.578. The van der Waals surface area contributed by atoms with E-state index in [4.69, 9.17) is 9.98 Å². The molecule has 3 aliphatic rings. The molecule has 1 aliphatic carbocycles. The second-order valence-electron chi connectivity index (χ2n) is 17.7. The summed E-state index contributed by atoms with van der Waals surface area (Å²) in [6, 6.07) is 91.9. The van der Waals surface area contributed by atoms with Crippen molar-refractivity contribution in [2.45, 2.75) is 11.6 Å². The zero-order valence-corrected chi connectivity index (χ0v) is 37.2. The molecule has 68 heavy (non-hydrogen) atoms. The number of hydrogen-bond donors (Lipinski definition) is 1. The van der Waals surface area contributed by atoms with E-state index < -0.39 is 11.6 Å². The number of nitrogens with zero attached hydrogens (tertiary/aromatic N) is 3. The largest absolute Gasteiger partial charge is 0.344 e. The first kappa shape index (κ1) is 39.5. The van der Waals surface area contributed by atoms with Gasteiger partial charge in [-0.2, -0.15) is 0 Å². The number of anilines is 3. The molecule has 2 heterocycles. The lowest BCUT2D eigenvalue weighted by Crippen LogP contribution is -2.36. The van der Waals surface area contributed by atoms with Gasteiger partial charge in [-0.05, 0) is 115 Å². The number of nitrogens with one attached hydrogen (secondary N) is 1. The quantitative estimate of drug-likeness (QED) is 0.173. The van der Waals surface area contributed by atoms with Crippen LogP contribution in [0.1, 0.15) is 45.1 Å². The van der Waals surface area contributed by atoms with Crippen LogP contribution in [-0.4, -0.2) is 11.7 Å². The average Bonchev–Trinajstić information content (AvgIpc) is 3.71. The Morgan fingerprint density at radius 1 is 0.353 bits per heavy atom. The first-order valence-electron chi connectivity index (χ1n) is 23.3. The Hall–Kier alpha value is -8.86. The van der Waals surface area contributed by atoms with Gasteiger partial charge in [0.2, 0.25) is 0 Å². The number of amidine groups is 2. The summed E-state index contributed by atoms with van der Waals surface area (Å²) in [5.41, 5.74) is 20.3. The predicted molar refractivity (Wildman–Crippen MR) is 280 cm³/mol. The molecular formula is C64H44N4. The number of rotatable bonds is 7. The van der Waals surface area contributed by atoms with Crippen molar-refractivity contribution in [3.63, 3.8) is 0 Å². The van der Waals surface area contributed by atoms with Crippen LogP contribution in [0.25, 0.3) is 44.5 Å². The number of hydrogen-bond acceptors (Lipinski definition) is 4. The maximum atomic E-state index is 5.50. The highest BCUT2D eigenvalue weighted by molar-refractivity contribution is 6.15.